The first-order chi connectivity index (χ1) is 20.3. The SMILES string of the molecule is CCOC(=O)CCc1cc2ccoc2c2c1O[C@H]1O[C@@](CO)(CSSC3(CCCCC3)CNCCO2)[C@@H](O)[C@H](O)[C@H]1O. The summed E-state index contributed by atoms with van der Waals surface area (Å²) < 4.78 is 29.6. The Balaban J connectivity index is 1.53. The molecule has 1 saturated carbocycles. The van der Waals surface area contributed by atoms with E-state index in [0.717, 1.165) is 37.6 Å². The molecule has 1 aromatic heterocycles. The Kier molecular flexibility index (Phi) is 10.5. The molecule has 2 aliphatic heterocycles. The Labute approximate surface area is 253 Å². The van der Waals surface area contributed by atoms with Gasteiger partial charge < -0.3 is 49.1 Å². The molecule has 5 rings (SSSR count). The van der Waals surface area contributed by atoms with Crippen LogP contribution >= 0.6 is 21.6 Å². The third-order valence-corrected chi connectivity index (χ3v) is 11.7. The number of fused-ring (bicyclic) bond motifs is 5. The maximum absolute atomic E-state index is 12.2. The molecule has 1 aromatic carbocycles. The van der Waals surface area contributed by atoms with Crippen LogP contribution in [0.3, 0.4) is 0 Å². The highest BCUT2D eigenvalue weighted by Gasteiger charge is 2.55. The van der Waals surface area contributed by atoms with E-state index in [1.165, 1.54) is 23.5 Å². The maximum Gasteiger partial charge on any atom is 0.306 e. The molecule has 0 radical (unpaired) electrons. The summed E-state index contributed by atoms with van der Waals surface area (Å²) in [5.41, 5.74) is -0.601. The average Bonchev–Trinajstić information content (AvgIpc) is 3.46. The molecule has 11 nitrogen and oxygen atoms in total. The standard InChI is InChI=1S/C29H41NO10S2/c1-2-36-20(32)7-6-18-14-19-8-12-37-23(19)25-24(18)39-27-22(34)21(33)26(35)29(16-31,40-27)17-41-42-28(9-4-3-5-10-28)15-30-11-13-38-25/h8,12,14,21-22,26-27,30-31,33-35H,2-7,9-11,13,15-17H2,1H3/t21-,22-,26+,27+,29+/m1/s1. The highest BCUT2D eigenvalue weighted by molar-refractivity contribution is 8.77. The Hall–Kier alpha value is -1.71. The molecule has 5 atom stereocenters. The number of rotatable bonds is 5. The first-order valence-corrected chi connectivity index (χ1v) is 17.0. The van der Waals surface area contributed by atoms with Gasteiger partial charge in [0.05, 0.1) is 19.5 Å². The van der Waals surface area contributed by atoms with E-state index in [4.69, 9.17) is 23.4 Å². The molecular weight excluding hydrogens is 586 g/mol. The van der Waals surface area contributed by atoms with Gasteiger partial charge in [0.1, 0.15) is 30.5 Å². The van der Waals surface area contributed by atoms with Crippen LogP contribution < -0.4 is 14.8 Å². The lowest BCUT2D eigenvalue weighted by Crippen LogP contribution is -2.68. The summed E-state index contributed by atoms with van der Waals surface area (Å²) in [6.07, 6.45) is 0.999. The monoisotopic (exact) mass is 627 g/mol. The van der Waals surface area contributed by atoms with E-state index >= 15 is 0 Å². The molecule has 3 aliphatic rings. The number of nitrogens with one attached hydrogen (secondary N) is 1. The van der Waals surface area contributed by atoms with Gasteiger partial charge in [0, 0.05) is 35.4 Å². The van der Waals surface area contributed by atoms with Crippen LogP contribution in [0.25, 0.3) is 11.0 Å². The van der Waals surface area contributed by atoms with E-state index < -0.39 is 36.8 Å². The normalized spacial score (nSPS) is 30.4. The fourth-order valence-corrected chi connectivity index (χ4v) is 9.51. The molecule has 0 amide bonds. The van der Waals surface area contributed by atoms with Gasteiger partial charge >= 0.3 is 5.97 Å². The van der Waals surface area contributed by atoms with Gasteiger partial charge in [0.25, 0.3) is 0 Å². The number of carbonyl (C=O) groups excluding carboxylic acids is 1. The predicted molar refractivity (Wildman–Crippen MR) is 159 cm³/mol. The molecular formula is C29H41NO10S2. The van der Waals surface area contributed by atoms with Crippen LogP contribution in [0.15, 0.2) is 22.8 Å². The van der Waals surface area contributed by atoms with Crippen molar-refractivity contribution in [3.63, 3.8) is 0 Å². The third kappa shape index (κ3) is 6.68. The number of hydrogen-bond donors (Lipinski definition) is 5. The molecule has 13 heteroatoms. The minimum absolute atomic E-state index is 0.0418. The maximum atomic E-state index is 12.2. The molecule has 3 heterocycles. The predicted octanol–water partition coefficient (Wildman–Crippen LogP) is 2.54. The van der Waals surface area contributed by atoms with Gasteiger partial charge in [-0.05, 0) is 43.9 Å². The first kappa shape index (κ1) is 31.7. The van der Waals surface area contributed by atoms with Gasteiger partial charge in [0.2, 0.25) is 12.0 Å². The molecule has 0 unspecified atom stereocenters. The summed E-state index contributed by atoms with van der Waals surface area (Å²) in [7, 11) is 3.20. The highest BCUT2D eigenvalue weighted by Crippen LogP contribution is 2.48. The van der Waals surface area contributed by atoms with Crippen LogP contribution in [0.5, 0.6) is 11.5 Å². The number of benzene rings is 1. The van der Waals surface area contributed by atoms with E-state index in [-0.39, 0.29) is 54.0 Å². The Morgan fingerprint density at radius 1 is 1.17 bits per heavy atom. The smallest absolute Gasteiger partial charge is 0.306 e. The van der Waals surface area contributed by atoms with E-state index in [0.29, 0.717) is 17.7 Å². The van der Waals surface area contributed by atoms with Gasteiger partial charge in [-0.25, -0.2) is 0 Å². The quantitative estimate of drug-likeness (QED) is 0.243. The van der Waals surface area contributed by atoms with Crippen molar-refractivity contribution in [1.82, 2.24) is 5.32 Å². The summed E-state index contributed by atoms with van der Waals surface area (Å²) in [6.45, 7) is 3.00. The Morgan fingerprint density at radius 3 is 2.74 bits per heavy atom. The van der Waals surface area contributed by atoms with Crippen LogP contribution in [0, 0.1) is 0 Å². The van der Waals surface area contributed by atoms with Crippen molar-refractivity contribution in [2.45, 2.75) is 86.8 Å². The largest absolute Gasteiger partial charge is 0.485 e. The van der Waals surface area contributed by atoms with Crippen molar-refractivity contribution < 1.29 is 48.6 Å². The van der Waals surface area contributed by atoms with Crippen molar-refractivity contribution in [2.75, 3.05) is 38.7 Å². The molecule has 1 spiro atoms. The van der Waals surface area contributed by atoms with E-state index in [1.807, 2.05) is 6.07 Å². The first-order valence-electron chi connectivity index (χ1n) is 14.6. The highest BCUT2D eigenvalue weighted by atomic mass is 33.1. The summed E-state index contributed by atoms with van der Waals surface area (Å²) >= 11 is 0. The fraction of sp³-hybridized carbons (Fsp3) is 0.690. The second kappa shape index (κ2) is 13.9. The second-order valence-electron chi connectivity index (χ2n) is 11.2. The van der Waals surface area contributed by atoms with E-state index in [2.05, 4.69) is 5.32 Å². The van der Waals surface area contributed by atoms with Gasteiger partial charge in [-0.15, -0.1) is 0 Å². The van der Waals surface area contributed by atoms with Crippen molar-refractivity contribution in [3.8, 4) is 11.5 Å². The fourth-order valence-electron chi connectivity index (χ4n) is 5.85. The summed E-state index contributed by atoms with van der Waals surface area (Å²) in [4.78, 5) is 12.2. The van der Waals surface area contributed by atoms with Crippen molar-refractivity contribution in [2.24, 2.45) is 0 Å². The number of aliphatic hydroxyl groups excluding tert-OH is 4. The molecule has 2 bridgehead atoms. The average molecular weight is 628 g/mol. The third-order valence-electron chi connectivity index (χ3n) is 8.25. The van der Waals surface area contributed by atoms with Crippen LogP contribution in [-0.4, -0.2) is 100 Å². The molecule has 5 N–H and O–H groups in total. The molecule has 2 aromatic rings. The topological polar surface area (TPSA) is 160 Å². The number of furan rings is 1. The van der Waals surface area contributed by atoms with Gasteiger partial charge in [-0.2, -0.15) is 0 Å². The van der Waals surface area contributed by atoms with Crippen LogP contribution in [-0.2, 0) is 20.7 Å². The van der Waals surface area contributed by atoms with Gasteiger partial charge in [0.15, 0.2) is 11.3 Å². The number of aliphatic hydroxyl groups is 4. The summed E-state index contributed by atoms with van der Waals surface area (Å²) in [6, 6.07) is 3.59. The van der Waals surface area contributed by atoms with Crippen molar-refractivity contribution in [1.29, 1.82) is 0 Å². The Bertz CT molecular complexity index is 1200. The lowest BCUT2D eigenvalue weighted by molar-refractivity contribution is -0.312. The number of esters is 1. The van der Waals surface area contributed by atoms with E-state index in [1.54, 1.807) is 23.8 Å². The zero-order valence-corrected chi connectivity index (χ0v) is 25.4. The number of aryl methyl sites for hydroxylation is 1. The lowest BCUT2D eigenvalue weighted by Gasteiger charge is -2.47. The lowest BCUT2D eigenvalue weighted by atomic mass is 9.88. The van der Waals surface area contributed by atoms with Gasteiger partial charge in [-0.1, -0.05) is 40.9 Å². The number of hydrogen-bond acceptors (Lipinski definition) is 13. The zero-order valence-electron chi connectivity index (χ0n) is 23.8. The molecule has 1 saturated heterocycles. The number of carbonyl (C=O) groups is 1. The minimum Gasteiger partial charge on any atom is -0.485 e. The molecule has 234 valence electrons. The minimum atomic E-state index is -1.65. The van der Waals surface area contributed by atoms with Crippen LogP contribution in [0.1, 0.15) is 51.0 Å². The van der Waals surface area contributed by atoms with Crippen molar-refractivity contribution >= 4 is 38.5 Å². The molecule has 1 aliphatic carbocycles. The van der Waals surface area contributed by atoms with E-state index in [9.17, 15) is 25.2 Å². The molecule has 2 fully saturated rings. The summed E-state index contributed by atoms with van der Waals surface area (Å²) in [5.74, 6) is 0.229. The Morgan fingerprint density at radius 2 is 1.98 bits per heavy atom. The zero-order chi connectivity index (χ0) is 29.7. The van der Waals surface area contributed by atoms with Gasteiger partial charge in [-0.3, -0.25) is 4.79 Å². The van der Waals surface area contributed by atoms with Crippen molar-refractivity contribution in [3.05, 3.63) is 24.0 Å². The number of ether oxygens (including phenoxy) is 4. The summed E-state index contributed by atoms with van der Waals surface area (Å²) in [5, 5.41) is 47.8. The second-order valence-corrected chi connectivity index (χ2v) is 14.0. The van der Waals surface area contributed by atoms with Crippen LogP contribution in [0.4, 0.5) is 0 Å². The molecule has 42 heavy (non-hydrogen) atoms. The van der Waals surface area contributed by atoms with Crippen LogP contribution in [0.2, 0.25) is 0 Å².